The molecule has 3 fully saturated rings. The minimum Gasteiger partial charge on any atom is -0.494 e. The summed E-state index contributed by atoms with van der Waals surface area (Å²) in [6.45, 7) is 10.2. The second kappa shape index (κ2) is 8.11. The lowest BCUT2D eigenvalue weighted by Crippen LogP contribution is -2.60. The third-order valence-electron chi connectivity index (χ3n) is 7.80. The first-order valence-electron chi connectivity index (χ1n) is 12.0. The summed E-state index contributed by atoms with van der Waals surface area (Å²) in [5.41, 5.74) is 4.66. The van der Waals surface area contributed by atoms with Crippen LogP contribution in [-0.2, 0) is 6.42 Å². The van der Waals surface area contributed by atoms with Crippen LogP contribution in [0.4, 0.5) is 4.79 Å². The molecule has 5 heteroatoms. The van der Waals surface area contributed by atoms with E-state index in [1.807, 2.05) is 24.0 Å². The van der Waals surface area contributed by atoms with Gasteiger partial charge in [-0.05, 0) is 85.0 Å². The molecule has 1 N–H and O–H groups in total. The standard InChI is InChI=1S/C27H34N2O3/c1-4-32-22-8-5-18(6-9-22)20-7-10-23-21(15-20)16-27(2,3)25(23)29(26(30)31)24-17-28-13-11-19(24)12-14-28/h5-10,15,19,24-25H,4,11-14,16-17H2,1-3H3,(H,30,31)/t24-,25+/m1/s1. The molecule has 0 saturated carbocycles. The van der Waals surface area contributed by atoms with Crippen molar-refractivity contribution < 1.29 is 14.6 Å². The smallest absolute Gasteiger partial charge is 0.408 e. The van der Waals surface area contributed by atoms with E-state index in [4.69, 9.17) is 4.74 Å². The zero-order valence-electron chi connectivity index (χ0n) is 19.4. The molecule has 0 radical (unpaired) electrons. The summed E-state index contributed by atoms with van der Waals surface area (Å²) in [6.07, 6.45) is 2.35. The molecule has 32 heavy (non-hydrogen) atoms. The number of amides is 1. The minimum atomic E-state index is -0.773. The summed E-state index contributed by atoms with van der Waals surface area (Å²) in [4.78, 5) is 16.9. The summed E-state index contributed by atoms with van der Waals surface area (Å²) in [5, 5.41) is 10.4. The number of ether oxygens (including phenoxy) is 1. The van der Waals surface area contributed by atoms with Crippen LogP contribution in [0.5, 0.6) is 5.75 Å². The fourth-order valence-corrected chi connectivity index (χ4v) is 6.34. The molecule has 3 heterocycles. The van der Waals surface area contributed by atoms with Gasteiger partial charge < -0.3 is 14.7 Å². The number of piperidine rings is 3. The van der Waals surface area contributed by atoms with Gasteiger partial charge in [-0.25, -0.2) is 4.79 Å². The molecule has 2 bridgehead atoms. The van der Waals surface area contributed by atoms with Crippen LogP contribution >= 0.6 is 0 Å². The minimum absolute atomic E-state index is 0.0935. The summed E-state index contributed by atoms with van der Waals surface area (Å²) >= 11 is 0. The summed E-state index contributed by atoms with van der Waals surface area (Å²) in [6, 6.07) is 14.8. The lowest BCUT2D eigenvalue weighted by atomic mass is 9.79. The number of rotatable bonds is 5. The Morgan fingerprint density at radius 3 is 2.41 bits per heavy atom. The van der Waals surface area contributed by atoms with E-state index < -0.39 is 6.09 Å². The van der Waals surface area contributed by atoms with Gasteiger partial charge in [-0.1, -0.05) is 44.2 Å². The first kappa shape index (κ1) is 21.3. The Balaban J connectivity index is 1.48. The van der Waals surface area contributed by atoms with Crippen molar-refractivity contribution in [3.05, 3.63) is 53.6 Å². The van der Waals surface area contributed by atoms with Crippen molar-refractivity contribution in [3.63, 3.8) is 0 Å². The monoisotopic (exact) mass is 434 g/mol. The molecular weight excluding hydrogens is 400 g/mol. The van der Waals surface area contributed by atoms with Crippen LogP contribution in [0.25, 0.3) is 11.1 Å². The highest BCUT2D eigenvalue weighted by molar-refractivity contribution is 5.69. The topological polar surface area (TPSA) is 53.0 Å². The number of carboxylic acid groups (broad SMARTS) is 1. The van der Waals surface area contributed by atoms with Gasteiger partial charge in [0.05, 0.1) is 18.7 Å². The molecule has 1 aliphatic carbocycles. The van der Waals surface area contributed by atoms with Gasteiger partial charge in [-0.2, -0.15) is 0 Å². The fraction of sp³-hybridized carbons (Fsp3) is 0.519. The van der Waals surface area contributed by atoms with E-state index in [9.17, 15) is 9.90 Å². The van der Waals surface area contributed by atoms with Crippen molar-refractivity contribution in [2.75, 3.05) is 26.2 Å². The Morgan fingerprint density at radius 2 is 1.81 bits per heavy atom. The molecule has 3 saturated heterocycles. The maximum Gasteiger partial charge on any atom is 0.408 e. The third kappa shape index (κ3) is 3.66. The highest BCUT2D eigenvalue weighted by atomic mass is 16.5. The van der Waals surface area contributed by atoms with E-state index in [0.29, 0.717) is 12.5 Å². The molecule has 4 aliphatic rings. The number of benzene rings is 2. The number of fused-ring (bicyclic) bond motifs is 4. The zero-order chi connectivity index (χ0) is 22.5. The Hall–Kier alpha value is -2.53. The Kier molecular flexibility index (Phi) is 5.40. The molecule has 2 aromatic carbocycles. The van der Waals surface area contributed by atoms with Gasteiger partial charge in [-0.15, -0.1) is 0 Å². The molecule has 0 aromatic heterocycles. The van der Waals surface area contributed by atoms with Crippen LogP contribution in [0.3, 0.4) is 0 Å². The Labute approximate surface area is 191 Å². The van der Waals surface area contributed by atoms with Crippen LogP contribution in [0.15, 0.2) is 42.5 Å². The molecule has 170 valence electrons. The van der Waals surface area contributed by atoms with E-state index in [1.165, 1.54) is 16.7 Å². The molecule has 2 aromatic rings. The molecule has 0 unspecified atom stereocenters. The first-order valence-corrected chi connectivity index (χ1v) is 12.0. The Morgan fingerprint density at radius 1 is 1.12 bits per heavy atom. The van der Waals surface area contributed by atoms with Gasteiger partial charge in [0.1, 0.15) is 5.75 Å². The predicted molar refractivity (Wildman–Crippen MR) is 126 cm³/mol. The van der Waals surface area contributed by atoms with Gasteiger partial charge in [0.15, 0.2) is 0 Å². The van der Waals surface area contributed by atoms with Crippen molar-refractivity contribution in [2.45, 2.75) is 52.1 Å². The molecule has 2 atom stereocenters. The number of carbonyl (C=O) groups is 1. The molecule has 5 nitrogen and oxygen atoms in total. The molecule has 3 aliphatic heterocycles. The maximum absolute atomic E-state index is 12.6. The van der Waals surface area contributed by atoms with Crippen molar-refractivity contribution in [1.29, 1.82) is 0 Å². The van der Waals surface area contributed by atoms with Crippen molar-refractivity contribution in [1.82, 2.24) is 9.80 Å². The fourth-order valence-electron chi connectivity index (χ4n) is 6.34. The van der Waals surface area contributed by atoms with Gasteiger partial charge >= 0.3 is 6.09 Å². The molecule has 6 rings (SSSR count). The predicted octanol–water partition coefficient (Wildman–Crippen LogP) is 5.45. The average molecular weight is 435 g/mol. The van der Waals surface area contributed by atoms with E-state index in [1.54, 1.807) is 0 Å². The Bertz CT molecular complexity index is 992. The van der Waals surface area contributed by atoms with E-state index >= 15 is 0 Å². The highest BCUT2D eigenvalue weighted by Crippen LogP contribution is 2.51. The van der Waals surface area contributed by atoms with Gasteiger partial charge in [0, 0.05) is 6.54 Å². The van der Waals surface area contributed by atoms with E-state index in [2.05, 4.69) is 49.1 Å². The SMILES string of the molecule is CCOc1ccc(-c2ccc3c(c2)CC(C)(C)[C@H]3N(C(=O)O)[C@@H]2CN3CCC2CC3)cc1. The lowest BCUT2D eigenvalue weighted by molar-refractivity contribution is -0.0267. The molecular formula is C27H34N2O3. The number of nitrogens with zero attached hydrogens (tertiary/aromatic N) is 2. The van der Waals surface area contributed by atoms with Crippen LogP contribution in [-0.4, -0.2) is 53.3 Å². The van der Waals surface area contributed by atoms with Crippen LogP contribution < -0.4 is 4.74 Å². The van der Waals surface area contributed by atoms with Gasteiger partial charge in [0.2, 0.25) is 0 Å². The largest absolute Gasteiger partial charge is 0.494 e. The summed E-state index contributed by atoms with van der Waals surface area (Å²) in [5.74, 6) is 1.37. The summed E-state index contributed by atoms with van der Waals surface area (Å²) in [7, 11) is 0. The number of hydrogen-bond donors (Lipinski definition) is 1. The number of hydrogen-bond acceptors (Lipinski definition) is 3. The lowest BCUT2D eigenvalue weighted by Gasteiger charge is -2.51. The average Bonchev–Trinajstić information content (AvgIpc) is 3.04. The second-order valence-corrected chi connectivity index (χ2v) is 10.3. The summed E-state index contributed by atoms with van der Waals surface area (Å²) < 4.78 is 5.57. The van der Waals surface area contributed by atoms with Crippen LogP contribution in [0.2, 0.25) is 0 Å². The third-order valence-corrected chi connectivity index (χ3v) is 7.80. The van der Waals surface area contributed by atoms with Crippen molar-refractivity contribution >= 4 is 6.09 Å². The van der Waals surface area contributed by atoms with E-state index in [-0.39, 0.29) is 17.5 Å². The molecule has 0 spiro atoms. The normalized spacial score (nSPS) is 27.7. The first-order chi connectivity index (χ1) is 15.4. The molecule has 1 amide bonds. The van der Waals surface area contributed by atoms with Gasteiger partial charge in [0.25, 0.3) is 0 Å². The van der Waals surface area contributed by atoms with E-state index in [0.717, 1.165) is 50.2 Å². The van der Waals surface area contributed by atoms with Crippen LogP contribution in [0.1, 0.15) is 50.8 Å². The highest BCUT2D eigenvalue weighted by Gasteiger charge is 2.50. The zero-order valence-corrected chi connectivity index (χ0v) is 19.4. The maximum atomic E-state index is 12.6. The van der Waals surface area contributed by atoms with Gasteiger partial charge in [-0.3, -0.25) is 4.90 Å². The van der Waals surface area contributed by atoms with Crippen molar-refractivity contribution in [2.24, 2.45) is 11.3 Å². The van der Waals surface area contributed by atoms with Crippen molar-refractivity contribution in [3.8, 4) is 16.9 Å². The van der Waals surface area contributed by atoms with Crippen LogP contribution in [0, 0.1) is 11.3 Å². The second-order valence-electron chi connectivity index (χ2n) is 10.3. The quantitative estimate of drug-likeness (QED) is 0.680.